The van der Waals surface area contributed by atoms with Crippen LogP contribution in [0.25, 0.3) is 6.08 Å². The average molecular weight is 274 g/mol. The van der Waals surface area contributed by atoms with Gasteiger partial charge in [-0.25, -0.2) is 8.42 Å². The lowest BCUT2D eigenvalue weighted by atomic mass is 10.2. The Balaban J connectivity index is 2.67. The molecular weight excluding hydrogens is 266 g/mol. The number of rotatable bonds is 0. The summed E-state index contributed by atoms with van der Waals surface area (Å²) >= 11 is 3.34. The molecule has 0 amide bonds. The van der Waals surface area contributed by atoms with Gasteiger partial charge in [0.05, 0.1) is 11.1 Å². The Bertz CT molecular complexity index is 508. The van der Waals surface area contributed by atoms with Crippen molar-refractivity contribution < 1.29 is 8.42 Å². The average Bonchev–Trinajstić information content (AvgIpc) is 2.12. The minimum atomic E-state index is -3.25. The van der Waals surface area contributed by atoms with Crippen LogP contribution in [0.4, 0.5) is 5.69 Å². The van der Waals surface area contributed by atoms with Crippen LogP contribution in [0, 0.1) is 0 Å². The molecule has 1 heterocycles. The molecule has 74 valence electrons. The predicted octanol–water partition coefficient (Wildman–Crippen LogP) is 2.20. The number of hydrogen-bond donors (Lipinski definition) is 0. The third-order valence-corrected chi connectivity index (χ3v) is 4.06. The van der Waals surface area contributed by atoms with Crippen molar-refractivity contribution in [1.82, 2.24) is 0 Å². The lowest BCUT2D eigenvalue weighted by molar-refractivity contribution is 0.603. The second-order valence-electron chi connectivity index (χ2n) is 3.02. The van der Waals surface area contributed by atoms with Crippen LogP contribution in [-0.2, 0) is 10.0 Å². The van der Waals surface area contributed by atoms with Gasteiger partial charge in [-0.1, -0.05) is 15.9 Å². The molecule has 0 aliphatic carbocycles. The van der Waals surface area contributed by atoms with E-state index in [1.54, 1.807) is 19.2 Å². The van der Waals surface area contributed by atoms with Crippen LogP contribution < -0.4 is 4.31 Å². The monoisotopic (exact) mass is 273 g/mol. The van der Waals surface area contributed by atoms with Gasteiger partial charge in [-0.3, -0.25) is 4.31 Å². The Kier molecular flexibility index (Phi) is 2.16. The number of sulfonamides is 1. The first-order valence-electron chi connectivity index (χ1n) is 3.97. The molecule has 1 aliphatic heterocycles. The van der Waals surface area contributed by atoms with Gasteiger partial charge >= 0.3 is 0 Å². The summed E-state index contributed by atoms with van der Waals surface area (Å²) in [5.41, 5.74) is 1.60. The first-order valence-corrected chi connectivity index (χ1v) is 6.27. The van der Waals surface area contributed by atoms with Gasteiger partial charge in [0.25, 0.3) is 10.0 Å². The van der Waals surface area contributed by atoms with Crippen LogP contribution >= 0.6 is 15.9 Å². The molecule has 2 rings (SSSR count). The molecule has 0 bridgehead atoms. The first-order chi connectivity index (χ1) is 6.50. The number of fused-ring (bicyclic) bond motifs is 1. The molecule has 0 fully saturated rings. The number of benzene rings is 1. The highest BCUT2D eigenvalue weighted by atomic mass is 79.9. The SMILES string of the molecule is CN1c2ccc(Br)cc2C=CS1(=O)=O. The fourth-order valence-corrected chi connectivity index (χ4v) is 2.65. The van der Waals surface area contributed by atoms with Crippen LogP contribution in [0.5, 0.6) is 0 Å². The maximum atomic E-state index is 11.5. The van der Waals surface area contributed by atoms with Gasteiger partial charge in [0.15, 0.2) is 0 Å². The van der Waals surface area contributed by atoms with Gasteiger partial charge < -0.3 is 0 Å². The van der Waals surface area contributed by atoms with E-state index in [-0.39, 0.29) is 0 Å². The molecule has 0 saturated carbocycles. The summed E-state index contributed by atoms with van der Waals surface area (Å²) in [4.78, 5) is 0. The van der Waals surface area contributed by atoms with E-state index in [0.717, 1.165) is 10.0 Å². The van der Waals surface area contributed by atoms with Crippen molar-refractivity contribution in [3.05, 3.63) is 33.6 Å². The van der Waals surface area contributed by atoms with E-state index in [1.165, 1.54) is 9.71 Å². The highest BCUT2D eigenvalue weighted by molar-refractivity contribution is 9.10. The first kappa shape index (κ1) is 9.73. The fraction of sp³-hybridized carbons (Fsp3) is 0.111. The fourth-order valence-electron chi connectivity index (χ4n) is 1.33. The van der Waals surface area contributed by atoms with E-state index in [2.05, 4.69) is 15.9 Å². The summed E-state index contributed by atoms with van der Waals surface area (Å²) in [6.07, 6.45) is 1.61. The van der Waals surface area contributed by atoms with E-state index in [4.69, 9.17) is 0 Å². The van der Waals surface area contributed by atoms with E-state index in [9.17, 15) is 8.42 Å². The normalized spacial score (nSPS) is 18.0. The van der Waals surface area contributed by atoms with Gasteiger partial charge in [-0.05, 0) is 24.3 Å². The van der Waals surface area contributed by atoms with Gasteiger partial charge in [-0.15, -0.1) is 0 Å². The number of anilines is 1. The quantitative estimate of drug-likeness (QED) is 0.727. The molecular formula is C9H8BrNO2S. The smallest absolute Gasteiger partial charge is 0.257 e. The highest BCUT2D eigenvalue weighted by Crippen LogP contribution is 2.30. The summed E-state index contributed by atoms with van der Waals surface area (Å²) in [7, 11) is -1.70. The van der Waals surface area contributed by atoms with Crippen molar-refractivity contribution in [2.75, 3.05) is 11.4 Å². The molecule has 0 saturated heterocycles. The Labute approximate surface area is 91.2 Å². The second kappa shape index (κ2) is 3.10. The summed E-state index contributed by atoms with van der Waals surface area (Å²) in [5, 5.41) is 1.21. The van der Waals surface area contributed by atoms with Crippen molar-refractivity contribution >= 4 is 37.7 Å². The van der Waals surface area contributed by atoms with E-state index in [0.29, 0.717) is 5.69 Å². The highest BCUT2D eigenvalue weighted by Gasteiger charge is 2.21. The van der Waals surface area contributed by atoms with Crippen molar-refractivity contribution in [2.24, 2.45) is 0 Å². The molecule has 0 radical (unpaired) electrons. The molecule has 1 aromatic rings. The molecule has 0 aromatic heterocycles. The minimum Gasteiger partial charge on any atom is -0.269 e. The molecule has 5 heteroatoms. The maximum absolute atomic E-state index is 11.5. The zero-order valence-corrected chi connectivity index (χ0v) is 9.84. The van der Waals surface area contributed by atoms with Crippen LogP contribution in [0.3, 0.4) is 0 Å². The largest absolute Gasteiger partial charge is 0.269 e. The molecule has 14 heavy (non-hydrogen) atoms. The third kappa shape index (κ3) is 1.46. The summed E-state index contributed by atoms with van der Waals surface area (Å²) in [6, 6.07) is 5.49. The van der Waals surface area contributed by atoms with Crippen molar-refractivity contribution in [3.63, 3.8) is 0 Å². The van der Waals surface area contributed by atoms with Crippen LogP contribution in [-0.4, -0.2) is 15.5 Å². The predicted molar refractivity (Wildman–Crippen MR) is 60.5 cm³/mol. The molecule has 0 spiro atoms. The zero-order valence-electron chi connectivity index (χ0n) is 7.44. The zero-order chi connectivity index (χ0) is 10.3. The maximum Gasteiger partial charge on any atom is 0.257 e. The third-order valence-electron chi connectivity index (χ3n) is 2.13. The van der Waals surface area contributed by atoms with Crippen molar-refractivity contribution in [1.29, 1.82) is 0 Å². The van der Waals surface area contributed by atoms with Gasteiger partial charge in [0.1, 0.15) is 0 Å². The molecule has 1 aromatic carbocycles. The Hall–Kier alpha value is -0.810. The standard InChI is InChI=1S/C9H8BrNO2S/c1-11-9-3-2-8(10)6-7(9)4-5-14(11,12)13/h2-6H,1H3. The van der Waals surface area contributed by atoms with Crippen molar-refractivity contribution in [3.8, 4) is 0 Å². The number of hydrogen-bond acceptors (Lipinski definition) is 2. The minimum absolute atomic E-state index is 0.704. The molecule has 1 aliphatic rings. The Morgan fingerprint density at radius 2 is 2.07 bits per heavy atom. The summed E-state index contributed by atoms with van der Waals surface area (Å²) in [5.74, 6) is 0. The van der Waals surface area contributed by atoms with Crippen LogP contribution in [0.15, 0.2) is 28.1 Å². The van der Waals surface area contributed by atoms with Crippen molar-refractivity contribution in [2.45, 2.75) is 0 Å². The molecule has 0 N–H and O–H groups in total. The Morgan fingerprint density at radius 3 is 2.79 bits per heavy atom. The van der Waals surface area contributed by atoms with E-state index < -0.39 is 10.0 Å². The van der Waals surface area contributed by atoms with Gasteiger partial charge in [0, 0.05) is 17.1 Å². The second-order valence-corrected chi connectivity index (χ2v) is 5.78. The van der Waals surface area contributed by atoms with Crippen LogP contribution in [0.1, 0.15) is 5.56 Å². The van der Waals surface area contributed by atoms with E-state index >= 15 is 0 Å². The lowest BCUT2D eigenvalue weighted by Gasteiger charge is -2.22. The number of halogens is 1. The molecule has 0 unspecified atom stereocenters. The Morgan fingerprint density at radius 1 is 1.36 bits per heavy atom. The van der Waals surface area contributed by atoms with Gasteiger partial charge in [0.2, 0.25) is 0 Å². The molecule has 3 nitrogen and oxygen atoms in total. The lowest BCUT2D eigenvalue weighted by Crippen LogP contribution is -2.26. The molecule has 0 atom stereocenters. The number of nitrogens with zero attached hydrogens (tertiary/aromatic N) is 1. The summed E-state index contributed by atoms with van der Waals surface area (Å²) in [6.45, 7) is 0. The summed E-state index contributed by atoms with van der Waals surface area (Å²) < 4.78 is 25.1. The topological polar surface area (TPSA) is 37.4 Å². The van der Waals surface area contributed by atoms with Gasteiger partial charge in [-0.2, -0.15) is 0 Å². The van der Waals surface area contributed by atoms with E-state index in [1.807, 2.05) is 12.1 Å². The van der Waals surface area contributed by atoms with Crippen LogP contribution in [0.2, 0.25) is 0 Å².